The lowest BCUT2D eigenvalue weighted by Gasteiger charge is -2.17. The second-order valence-electron chi connectivity index (χ2n) is 5.31. The number of hydrogen-bond donors (Lipinski definition) is 1. The van der Waals surface area contributed by atoms with Crippen LogP contribution in [0.1, 0.15) is 6.42 Å². The van der Waals surface area contributed by atoms with Gasteiger partial charge in [-0.25, -0.2) is 4.98 Å². The third kappa shape index (κ3) is 2.81. The summed E-state index contributed by atoms with van der Waals surface area (Å²) in [6.07, 6.45) is 1.87. The lowest BCUT2D eigenvalue weighted by molar-refractivity contribution is -0.119. The largest absolute Gasteiger partial charge is 0.497 e. The molecule has 0 saturated carbocycles. The first-order chi connectivity index (χ1) is 10.7. The molecule has 0 radical (unpaired) electrons. The van der Waals surface area contributed by atoms with Gasteiger partial charge < -0.3 is 14.8 Å². The van der Waals surface area contributed by atoms with E-state index in [1.165, 1.54) is 0 Å². The molecule has 1 aromatic carbocycles. The van der Waals surface area contributed by atoms with E-state index in [1.54, 1.807) is 13.3 Å². The molecule has 2 heterocycles. The van der Waals surface area contributed by atoms with Gasteiger partial charge in [0.1, 0.15) is 12.4 Å². The predicted molar refractivity (Wildman–Crippen MR) is 79.8 cm³/mol. The summed E-state index contributed by atoms with van der Waals surface area (Å²) in [5.74, 6) is 0.692. The normalized spacial score (nSPS) is 20.9. The second kappa shape index (κ2) is 6.17. The standard InChI is InChI=1S/C16H17FN2O3/c1-21-12-3-2-10-4-5-18-16(13(10)7-12)22-9-14-11(8-17)6-15(20)19-14/h2-5,7,11,14H,6,8-9H2,1H3,(H,19,20)/t11-,14+/m0/s1. The number of ether oxygens (including phenoxy) is 2. The fourth-order valence-corrected chi connectivity index (χ4v) is 2.64. The third-order valence-corrected chi connectivity index (χ3v) is 3.90. The highest BCUT2D eigenvalue weighted by atomic mass is 19.1. The molecule has 1 saturated heterocycles. The number of amides is 1. The molecule has 2 aromatic rings. The molecule has 0 spiro atoms. The highest BCUT2D eigenvalue weighted by Crippen LogP contribution is 2.28. The molecule has 2 atom stereocenters. The molecule has 1 aliphatic heterocycles. The van der Waals surface area contributed by atoms with Crippen LogP contribution < -0.4 is 14.8 Å². The average Bonchev–Trinajstić information content (AvgIpc) is 2.92. The van der Waals surface area contributed by atoms with Gasteiger partial charge in [-0.05, 0) is 23.6 Å². The summed E-state index contributed by atoms with van der Waals surface area (Å²) in [5, 5.41) is 4.54. The molecule has 3 rings (SSSR count). The van der Waals surface area contributed by atoms with E-state index in [2.05, 4.69) is 10.3 Å². The summed E-state index contributed by atoms with van der Waals surface area (Å²) in [5.41, 5.74) is 0. The number of rotatable bonds is 5. The number of hydrogen-bond acceptors (Lipinski definition) is 4. The molecule has 6 heteroatoms. The highest BCUT2D eigenvalue weighted by Gasteiger charge is 2.32. The summed E-state index contributed by atoms with van der Waals surface area (Å²) < 4.78 is 23.9. The van der Waals surface area contributed by atoms with Crippen molar-refractivity contribution >= 4 is 16.7 Å². The van der Waals surface area contributed by atoms with Crippen LogP contribution in [0.5, 0.6) is 11.6 Å². The molecule has 1 aromatic heterocycles. The Morgan fingerprint density at radius 1 is 1.41 bits per heavy atom. The number of halogens is 1. The molecule has 1 fully saturated rings. The van der Waals surface area contributed by atoms with E-state index in [4.69, 9.17) is 9.47 Å². The average molecular weight is 304 g/mol. The van der Waals surface area contributed by atoms with E-state index in [9.17, 15) is 9.18 Å². The molecular formula is C16H17FN2O3. The van der Waals surface area contributed by atoms with E-state index in [-0.39, 0.29) is 30.9 Å². The zero-order chi connectivity index (χ0) is 15.5. The van der Waals surface area contributed by atoms with Crippen molar-refractivity contribution in [3.8, 4) is 11.6 Å². The fourth-order valence-electron chi connectivity index (χ4n) is 2.64. The molecule has 0 bridgehead atoms. The fraction of sp³-hybridized carbons (Fsp3) is 0.375. The van der Waals surface area contributed by atoms with Crippen molar-refractivity contribution in [2.45, 2.75) is 12.5 Å². The van der Waals surface area contributed by atoms with Gasteiger partial charge in [-0.1, -0.05) is 6.07 Å². The monoisotopic (exact) mass is 304 g/mol. The number of alkyl halides is 1. The van der Waals surface area contributed by atoms with Crippen LogP contribution >= 0.6 is 0 Å². The Bertz CT molecular complexity index is 692. The van der Waals surface area contributed by atoms with Gasteiger partial charge in [0, 0.05) is 23.9 Å². The van der Waals surface area contributed by atoms with Crippen LogP contribution in [0, 0.1) is 5.92 Å². The summed E-state index contributed by atoms with van der Waals surface area (Å²) in [6.45, 7) is -0.340. The van der Waals surface area contributed by atoms with Crippen LogP contribution in [-0.4, -0.2) is 37.3 Å². The first kappa shape index (κ1) is 14.6. The summed E-state index contributed by atoms with van der Waals surface area (Å²) in [4.78, 5) is 15.6. The van der Waals surface area contributed by atoms with Crippen LogP contribution in [0.2, 0.25) is 0 Å². The van der Waals surface area contributed by atoms with Crippen molar-refractivity contribution in [2.24, 2.45) is 5.92 Å². The van der Waals surface area contributed by atoms with Gasteiger partial charge in [-0.3, -0.25) is 9.18 Å². The Morgan fingerprint density at radius 3 is 3.05 bits per heavy atom. The minimum Gasteiger partial charge on any atom is -0.497 e. The van der Waals surface area contributed by atoms with Crippen molar-refractivity contribution in [1.29, 1.82) is 0 Å². The number of methoxy groups -OCH3 is 1. The minimum atomic E-state index is -0.538. The van der Waals surface area contributed by atoms with E-state index >= 15 is 0 Å². The third-order valence-electron chi connectivity index (χ3n) is 3.90. The smallest absolute Gasteiger partial charge is 0.221 e. The maximum absolute atomic E-state index is 12.9. The Kier molecular flexibility index (Phi) is 4.09. The Balaban J connectivity index is 1.80. The molecule has 22 heavy (non-hydrogen) atoms. The number of benzene rings is 1. The van der Waals surface area contributed by atoms with Crippen LogP contribution in [0.4, 0.5) is 4.39 Å². The van der Waals surface area contributed by atoms with Crippen LogP contribution in [0.3, 0.4) is 0 Å². The topological polar surface area (TPSA) is 60.5 Å². The molecule has 0 unspecified atom stereocenters. The summed E-state index contributed by atoms with van der Waals surface area (Å²) in [7, 11) is 1.60. The number of pyridine rings is 1. The molecule has 116 valence electrons. The number of nitrogens with one attached hydrogen (secondary N) is 1. The molecular weight excluding hydrogens is 287 g/mol. The number of fused-ring (bicyclic) bond motifs is 1. The van der Waals surface area contributed by atoms with Crippen molar-refractivity contribution < 1.29 is 18.7 Å². The highest BCUT2D eigenvalue weighted by molar-refractivity contribution is 5.88. The van der Waals surface area contributed by atoms with Gasteiger partial charge in [0.15, 0.2) is 0 Å². The number of nitrogens with zero attached hydrogens (tertiary/aromatic N) is 1. The van der Waals surface area contributed by atoms with Crippen LogP contribution in [0.15, 0.2) is 30.5 Å². The van der Waals surface area contributed by atoms with Crippen molar-refractivity contribution in [2.75, 3.05) is 20.4 Å². The van der Waals surface area contributed by atoms with Gasteiger partial charge in [-0.2, -0.15) is 0 Å². The first-order valence-electron chi connectivity index (χ1n) is 7.12. The second-order valence-corrected chi connectivity index (χ2v) is 5.31. The van der Waals surface area contributed by atoms with Crippen LogP contribution in [-0.2, 0) is 4.79 Å². The molecule has 0 aliphatic carbocycles. The van der Waals surface area contributed by atoms with E-state index in [0.29, 0.717) is 11.6 Å². The minimum absolute atomic E-state index is 0.135. The van der Waals surface area contributed by atoms with Crippen molar-refractivity contribution in [3.63, 3.8) is 0 Å². The van der Waals surface area contributed by atoms with Gasteiger partial charge >= 0.3 is 0 Å². The van der Waals surface area contributed by atoms with Crippen LogP contribution in [0.25, 0.3) is 10.8 Å². The Labute approximate surface area is 127 Å². The summed E-state index contributed by atoms with van der Waals surface area (Å²) >= 11 is 0. The van der Waals surface area contributed by atoms with Gasteiger partial charge in [0.05, 0.1) is 19.8 Å². The number of carbonyl (C=O) groups is 1. The van der Waals surface area contributed by atoms with E-state index in [0.717, 1.165) is 10.8 Å². The Morgan fingerprint density at radius 2 is 2.27 bits per heavy atom. The molecule has 1 aliphatic rings. The maximum Gasteiger partial charge on any atom is 0.221 e. The lowest BCUT2D eigenvalue weighted by atomic mass is 10.0. The number of aromatic nitrogens is 1. The lowest BCUT2D eigenvalue weighted by Crippen LogP contribution is -2.35. The number of carbonyl (C=O) groups excluding carboxylic acids is 1. The van der Waals surface area contributed by atoms with Crippen molar-refractivity contribution in [3.05, 3.63) is 30.5 Å². The van der Waals surface area contributed by atoms with Crippen molar-refractivity contribution in [1.82, 2.24) is 10.3 Å². The van der Waals surface area contributed by atoms with E-state index < -0.39 is 6.67 Å². The zero-order valence-electron chi connectivity index (χ0n) is 12.2. The predicted octanol–water partition coefficient (Wildman–Crippen LogP) is 2.10. The molecule has 1 N–H and O–H groups in total. The Hall–Kier alpha value is -2.37. The zero-order valence-corrected chi connectivity index (χ0v) is 12.2. The summed E-state index contributed by atoms with van der Waals surface area (Å²) in [6, 6.07) is 7.19. The first-order valence-corrected chi connectivity index (χ1v) is 7.12. The quantitative estimate of drug-likeness (QED) is 0.919. The van der Waals surface area contributed by atoms with Gasteiger partial charge in [0.25, 0.3) is 0 Å². The maximum atomic E-state index is 12.9. The van der Waals surface area contributed by atoms with Gasteiger partial charge in [0.2, 0.25) is 11.8 Å². The van der Waals surface area contributed by atoms with Gasteiger partial charge in [-0.15, -0.1) is 0 Å². The molecule has 1 amide bonds. The SMILES string of the molecule is COc1ccc2ccnc(OC[C@H]3NC(=O)C[C@H]3CF)c2c1. The van der Waals surface area contributed by atoms with E-state index in [1.807, 2.05) is 24.3 Å². The molecule has 5 nitrogen and oxygen atoms in total.